The first-order valence-electron chi connectivity index (χ1n) is 10.8. The zero-order chi connectivity index (χ0) is 21.8. The van der Waals surface area contributed by atoms with Crippen molar-refractivity contribution in [2.24, 2.45) is 0 Å². The molecule has 1 aliphatic heterocycles. The van der Waals surface area contributed by atoms with E-state index < -0.39 is 5.97 Å². The van der Waals surface area contributed by atoms with Crippen LogP contribution >= 0.6 is 0 Å². The Bertz CT molecular complexity index is 1190. The van der Waals surface area contributed by atoms with E-state index in [1.807, 2.05) is 30.3 Å². The van der Waals surface area contributed by atoms with Gasteiger partial charge in [-0.05, 0) is 47.9 Å². The summed E-state index contributed by atoms with van der Waals surface area (Å²) in [6.07, 6.45) is 2.00. The number of ether oxygens (including phenoxy) is 1. The maximum Gasteiger partial charge on any atom is 0.365 e. The van der Waals surface area contributed by atoms with Crippen LogP contribution in [-0.4, -0.2) is 45.2 Å². The molecule has 162 valence electrons. The quantitative estimate of drug-likeness (QED) is 0.436. The van der Waals surface area contributed by atoms with E-state index in [0.29, 0.717) is 22.3 Å². The number of hydrogen-bond acceptors (Lipinski definition) is 6. The van der Waals surface area contributed by atoms with Crippen molar-refractivity contribution in [1.82, 2.24) is 20.1 Å². The number of aromatic nitrogens is 3. The van der Waals surface area contributed by atoms with Crippen LogP contribution < -0.4 is 9.57 Å². The summed E-state index contributed by atoms with van der Waals surface area (Å²) >= 11 is 0. The van der Waals surface area contributed by atoms with E-state index in [2.05, 4.69) is 39.5 Å². The highest BCUT2D eigenvalue weighted by Crippen LogP contribution is 2.26. The van der Waals surface area contributed by atoms with Gasteiger partial charge in [-0.2, -0.15) is 0 Å². The highest BCUT2D eigenvalue weighted by Gasteiger charge is 2.22. The molecule has 32 heavy (non-hydrogen) atoms. The van der Waals surface area contributed by atoms with Crippen molar-refractivity contribution in [3.8, 4) is 5.75 Å². The van der Waals surface area contributed by atoms with E-state index in [-0.39, 0.29) is 6.10 Å². The van der Waals surface area contributed by atoms with Gasteiger partial charge in [0.25, 0.3) is 0 Å². The lowest BCUT2D eigenvalue weighted by molar-refractivity contribution is 0.0408. The monoisotopic (exact) mass is 428 g/mol. The Balaban J connectivity index is 1.23. The molecule has 4 aromatic rings. The molecule has 0 amide bonds. The number of nitrogens with zero attached hydrogens (tertiary/aromatic N) is 4. The molecule has 0 radical (unpaired) electrons. The van der Waals surface area contributed by atoms with E-state index >= 15 is 0 Å². The third-order valence-electron chi connectivity index (χ3n) is 5.67. The molecule has 0 atom stereocenters. The largest absolute Gasteiger partial charge is 0.488 e. The minimum atomic E-state index is -0.491. The topological polar surface area (TPSA) is 69.5 Å². The second kappa shape index (κ2) is 9.20. The zero-order valence-corrected chi connectivity index (χ0v) is 17.6. The fourth-order valence-corrected chi connectivity index (χ4v) is 3.97. The lowest BCUT2D eigenvalue weighted by atomic mass is 10.1. The lowest BCUT2D eigenvalue weighted by Gasteiger charge is -2.32. The zero-order valence-electron chi connectivity index (χ0n) is 17.6. The summed E-state index contributed by atoms with van der Waals surface area (Å²) in [5.74, 6) is 0.167. The molecule has 1 saturated heterocycles. The Hall–Kier alpha value is -3.71. The Morgan fingerprint density at radius 1 is 0.906 bits per heavy atom. The van der Waals surface area contributed by atoms with Crippen LogP contribution in [0, 0.1) is 0 Å². The fourth-order valence-electron chi connectivity index (χ4n) is 3.97. The van der Waals surface area contributed by atoms with Crippen molar-refractivity contribution in [3.63, 3.8) is 0 Å². The summed E-state index contributed by atoms with van der Waals surface area (Å²) in [7, 11) is 0. The van der Waals surface area contributed by atoms with Crippen molar-refractivity contribution >= 4 is 17.0 Å². The highest BCUT2D eigenvalue weighted by molar-refractivity contribution is 5.90. The first-order chi connectivity index (χ1) is 15.8. The molecule has 1 aliphatic rings. The van der Waals surface area contributed by atoms with Crippen molar-refractivity contribution < 1.29 is 14.4 Å². The molecule has 0 aliphatic carbocycles. The molecule has 0 spiro atoms. The number of likely N-dealkylation sites (tertiary alicyclic amines) is 1. The molecular formula is C25H24N4O3. The normalized spacial score (nSPS) is 15.0. The maximum atomic E-state index is 12.4. The van der Waals surface area contributed by atoms with Crippen molar-refractivity contribution in [2.45, 2.75) is 25.5 Å². The van der Waals surface area contributed by atoms with Gasteiger partial charge in [-0.15, -0.1) is 5.10 Å². The minimum Gasteiger partial charge on any atom is -0.488 e. The molecule has 3 aromatic carbocycles. The van der Waals surface area contributed by atoms with Gasteiger partial charge in [0.1, 0.15) is 17.4 Å². The number of rotatable bonds is 6. The SMILES string of the molecule is O=C(On1nnc2c(OC3CCN(Cc4ccccc4)CC3)cccc21)c1ccccc1. The van der Waals surface area contributed by atoms with Crippen LogP contribution in [0.15, 0.2) is 78.9 Å². The van der Waals surface area contributed by atoms with Crippen LogP contribution in [0.3, 0.4) is 0 Å². The number of fused-ring (bicyclic) bond motifs is 1. The number of carbonyl (C=O) groups excluding carboxylic acids is 1. The van der Waals surface area contributed by atoms with E-state index in [4.69, 9.17) is 9.57 Å². The van der Waals surface area contributed by atoms with Gasteiger partial charge in [-0.3, -0.25) is 4.90 Å². The lowest BCUT2D eigenvalue weighted by Crippen LogP contribution is -2.37. The van der Waals surface area contributed by atoms with Gasteiger partial charge < -0.3 is 9.57 Å². The van der Waals surface area contributed by atoms with Gasteiger partial charge in [-0.25, -0.2) is 4.79 Å². The smallest absolute Gasteiger partial charge is 0.365 e. The van der Waals surface area contributed by atoms with Crippen LogP contribution in [0.1, 0.15) is 28.8 Å². The number of hydrogen-bond donors (Lipinski definition) is 0. The van der Waals surface area contributed by atoms with Crippen LogP contribution in [-0.2, 0) is 6.54 Å². The van der Waals surface area contributed by atoms with Crippen LogP contribution in [0.4, 0.5) is 0 Å². The van der Waals surface area contributed by atoms with Crippen LogP contribution in [0.2, 0.25) is 0 Å². The second-order valence-electron chi connectivity index (χ2n) is 7.91. The standard InChI is InChI=1S/C25H24N4O3/c30-25(20-10-5-2-6-11-20)32-29-22-12-7-13-23(24(22)26-27-29)31-21-14-16-28(17-15-21)18-19-8-3-1-4-9-19/h1-13,21H,14-18H2. The summed E-state index contributed by atoms with van der Waals surface area (Å²) in [5, 5.41) is 8.21. The summed E-state index contributed by atoms with van der Waals surface area (Å²) < 4.78 is 6.29. The minimum absolute atomic E-state index is 0.115. The van der Waals surface area contributed by atoms with Gasteiger partial charge >= 0.3 is 5.97 Å². The molecular weight excluding hydrogens is 404 g/mol. The third kappa shape index (κ3) is 4.48. The van der Waals surface area contributed by atoms with Gasteiger partial charge in [0.2, 0.25) is 0 Å². The van der Waals surface area contributed by atoms with Gasteiger partial charge in [0, 0.05) is 19.6 Å². The predicted octanol–water partition coefficient (Wildman–Crippen LogP) is 3.74. The van der Waals surface area contributed by atoms with Gasteiger partial charge in [0.05, 0.1) is 5.56 Å². The summed E-state index contributed by atoms with van der Waals surface area (Å²) in [6, 6.07) is 24.9. The van der Waals surface area contributed by atoms with Crippen LogP contribution in [0.5, 0.6) is 5.75 Å². The third-order valence-corrected chi connectivity index (χ3v) is 5.67. The summed E-state index contributed by atoms with van der Waals surface area (Å²) in [4.78, 5) is 21.4. The van der Waals surface area contributed by atoms with E-state index in [1.165, 1.54) is 5.56 Å². The number of benzene rings is 3. The summed E-state index contributed by atoms with van der Waals surface area (Å²) in [5.41, 5.74) is 2.96. The van der Waals surface area contributed by atoms with Gasteiger partial charge in [-0.1, -0.05) is 59.4 Å². The molecule has 7 nitrogen and oxygen atoms in total. The van der Waals surface area contributed by atoms with E-state index in [0.717, 1.165) is 37.3 Å². The first kappa shape index (κ1) is 20.2. The molecule has 5 rings (SSSR count). The average molecular weight is 428 g/mol. The molecule has 2 heterocycles. The van der Waals surface area contributed by atoms with Crippen LogP contribution in [0.25, 0.3) is 11.0 Å². The second-order valence-corrected chi connectivity index (χ2v) is 7.91. The molecule has 0 saturated carbocycles. The molecule has 1 aromatic heterocycles. The van der Waals surface area contributed by atoms with Gasteiger partial charge in [0.15, 0.2) is 5.52 Å². The predicted molar refractivity (Wildman–Crippen MR) is 120 cm³/mol. The first-order valence-corrected chi connectivity index (χ1v) is 10.8. The van der Waals surface area contributed by atoms with Crippen molar-refractivity contribution in [1.29, 1.82) is 0 Å². The Labute approximate surface area is 186 Å². The Kier molecular flexibility index (Phi) is 5.81. The van der Waals surface area contributed by atoms with Crippen molar-refractivity contribution in [3.05, 3.63) is 90.0 Å². The maximum absolute atomic E-state index is 12.4. The highest BCUT2D eigenvalue weighted by atomic mass is 16.7. The number of piperidine rings is 1. The molecule has 0 N–H and O–H groups in total. The van der Waals surface area contributed by atoms with E-state index in [1.54, 1.807) is 24.3 Å². The Morgan fingerprint density at radius 2 is 1.62 bits per heavy atom. The van der Waals surface area contributed by atoms with Crippen molar-refractivity contribution in [2.75, 3.05) is 13.1 Å². The molecule has 0 unspecified atom stereocenters. The molecule has 0 bridgehead atoms. The number of carbonyl (C=O) groups is 1. The van der Waals surface area contributed by atoms with E-state index in [9.17, 15) is 4.79 Å². The summed E-state index contributed by atoms with van der Waals surface area (Å²) in [6.45, 7) is 2.93. The Morgan fingerprint density at radius 3 is 2.38 bits per heavy atom. The molecule has 1 fully saturated rings. The fraction of sp³-hybridized carbons (Fsp3) is 0.240. The molecule has 7 heteroatoms. The average Bonchev–Trinajstić information content (AvgIpc) is 3.25.